The van der Waals surface area contributed by atoms with Crippen LogP contribution in [0.3, 0.4) is 0 Å². The summed E-state index contributed by atoms with van der Waals surface area (Å²) in [4.78, 5) is 14.2. The Morgan fingerprint density at radius 2 is 2.04 bits per heavy atom. The van der Waals surface area contributed by atoms with E-state index in [2.05, 4.69) is 10.6 Å². The molecule has 0 aliphatic carbocycles. The van der Waals surface area contributed by atoms with Gasteiger partial charge < -0.3 is 19.8 Å². The molecule has 1 aliphatic heterocycles. The molecule has 3 rings (SSSR count). The molecule has 0 saturated carbocycles. The quantitative estimate of drug-likeness (QED) is 0.802. The summed E-state index contributed by atoms with van der Waals surface area (Å²) in [5.41, 5.74) is 1.32. The number of fused-ring (bicyclic) bond motifs is 1. The number of amides is 1. The zero-order valence-electron chi connectivity index (χ0n) is 13.8. The Morgan fingerprint density at radius 3 is 2.67 bits per heavy atom. The highest BCUT2D eigenvalue weighted by molar-refractivity contribution is 6.16. The number of carbonyl (C=O) groups excluding carboxylic acids is 1. The molecule has 1 aromatic carbocycles. The highest BCUT2D eigenvalue weighted by Gasteiger charge is 2.37. The number of nitrogens with one attached hydrogen (secondary N) is 3. The summed E-state index contributed by atoms with van der Waals surface area (Å²) in [5.74, 6) is 1.11. The average Bonchev–Trinajstić information content (AvgIpc) is 3.03. The van der Waals surface area contributed by atoms with Gasteiger partial charge >= 0.3 is 0 Å². The van der Waals surface area contributed by atoms with Crippen LogP contribution in [0.2, 0.25) is 0 Å². The van der Waals surface area contributed by atoms with E-state index < -0.39 is 6.17 Å². The minimum Gasteiger partial charge on any atom is -0.497 e. The maximum atomic E-state index is 12.6. The lowest BCUT2D eigenvalue weighted by Crippen LogP contribution is -2.57. The predicted molar refractivity (Wildman–Crippen MR) is 91.7 cm³/mol. The van der Waals surface area contributed by atoms with Gasteiger partial charge in [-0.05, 0) is 44.2 Å². The number of carbonyl (C=O) groups is 1. The molecule has 1 amide bonds. The predicted octanol–water partition coefficient (Wildman–Crippen LogP) is 2.40. The number of amidine groups is 1. The minimum absolute atomic E-state index is 0.0100. The number of benzene rings is 1. The Bertz CT molecular complexity index is 751. The van der Waals surface area contributed by atoms with Crippen molar-refractivity contribution in [1.82, 2.24) is 5.32 Å². The summed E-state index contributed by atoms with van der Waals surface area (Å²) in [6.45, 7) is 3.78. The van der Waals surface area contributed by atoms with Crippen LogP contribution in [0, 0.1) is 5.41 Å². The first kappa shape index (κ1) is 15.9. The second-order valence-corrected chi connectivity index (χ2v) is 5.79. The fraction of sp³-hybridized carbons (Fsp3) is 0.294. The summed E-state index contributed by atoms with van der Waals surface area (Å²) in [6.07, 6.45) is 0.730. The van der Waals surface area contributed by atoms with E-state index in [-0.39, 0.29) is 17.8 Å². The molecular weight excluding hydrogens is 308 g/mol. The number of rotatable bonds is 4. The van der Waals surface area contributed by atoms with Crippen molar-refractivity contribution in [3.05, 3.63) is 42.2 Å². The van der Waals surface area contributed by atoms with Crippen molar-refractivity contribution < 1.29 is 13.9 Å². The van der Waals surface area contributed by atoms with E-state index in [4.69, 9.17) is 14.6 Å². The largest absolute Gasteiger partial charge is 0.497 e. The Morgan fingerprint density at radius 1 is 1.33 bits per heavy atom. The van der Waals surface area contributed by atoms with Crippen molar-refractivity contribution in [2.75, 3.05) is 17.3 Å². The van der Waals surface area contributed by atoms with Crippen LogP contribution in [0.1, 0.15) is 19.4 Å². The highest BCUT2D eigenvalue weighted by Crippen LogP contribution is 2.31. The SMILES string of the molecule is COc1ccc(N2C(=N)c3ccoc3NC2C(=O)NC(C)C)cc1. The maximum Gasteiger partial charge on any atom is 0.264 e. The molecule has 3 N–H and O–H groups in total. The van der Waals surface area contributed by atoms with E-state index in [1.165, 1.54) is 6.26 Å². The van der Waals surface area contributed by atoms with E-state index >= 15 is 0 Å². The average molecular weight is 328 g/mol. The number of furan rings is 1. The summed E-state index contributed by atoms with van der Waals surface area (Å²) in [7, 11) is 1.59. The van der Waals surface area contributed by atoms with Crippen LogP contribution in [0.5, 0.6) is 5.75 Å². The van der Waals surface area contributed by atoms with Gasteiger partial charge in [0.15, 0.2) is 6.17 Å². The molecule has 0 fully saturated rings. The van der Waals surface area contributed by atoms with Crippen LogP contribution in [0.25, 0.3) is 0 Å². The Kier molecular flexibility index (Phi) is 4.16. The Labute approximate surface area is 140 Å². The molecule has 7 nitrogen and oxygen atoms in total. The van der Waals surface area contributed by atoms with Gasteiger partial charge in [-0.1, -0.05) is 0 Å². The second kappa shape index (κ2) is 6.27. The molecule has 0 spiro atoms. The number of hydrogen-bond donors (Lipinski definition) is 3. The van der Waals surface area contributed by atoms with Gasteiger partial charge in [-0.25, -0.2) is 0 Å². The van der Waals surface area contributed by atoms with Gasteiger partial charge in [0.25, 0.3) is 5.91 Å². The molecule has 0 saturated heterocycles. The summed E-state index contributed by atoms with van der Waals surface area (Å²) in [5, 5.41) is 14.4. The standard InChI is InChI=1S/C17H20N4O3/c1-10(2)19-16(22)15-20-17-13(8-9-24-17)14(18)21(15)11-4-6-12(23-3)7-5-11/h4-10,15,18,20H,1-3H3,(H,19,22). The molecule has 0 bridgehead atoms. The molecule has 1 aromatic heterocycles. The van der Waals surface area contributed by atoms with Gasteiger partial charge in [0, 0.05) is 11.7 Å². The molecule has 0 radical (unpaired) electrons. The molecule has 2 heterocycles. The van der Waals surface area contributed by atoms with Gasteiger partial charge in [-0.2, -0.15) is 0 Å². The van der Waals surface area contributed by atoms with Crippen molar-refractivity contribution in [3.8, 4) is 5.75 Å². The monoisotopic (exact) mass is 328 g/mol. The lowest BCUT2D eigenvalue weighted by Gasteiger charge is -2.37. The number of nitrogens with zero attached hydrogens (tertiary/aromatic N) is 1. The van der Waals surface area contributed by atoms with E-state index in [9.17, 15) is 4.79 Å². The van der Waals surface area contributed by atoms with Crippen molar-refractivity contribution in [1.29, 1.82) is 5.41 Å². The molecule has 126 valence electrons. The van der Waals surface area contributed by atoms with E-state index in [0.717, 1.165) is 0 Å². The Balaban J connectivity index is 2.00. The highest BCUT2D eigenvalue weighted by atomic mass is 16.5. The first-order chi connectivity index (χ1) is 11.5. The van der Waals surface area contributed by atoms with E-state index in [1.807, 2.05) is 26.0 Å². The Hall–Kier alpha value is -2.96. The van der Waals surface area contributed by atoms with Crippen molar-refractivity contribution >= 4 is 23.3 Å². The number of anilines is 2. The zero-order valence-corrected chi connectivity index (χ0v) is 13.8. The fourth-order valence-electron chi connectivity index (χ4n) is 2.62. The van der Waals surface area contributed by atoms with Gasteiger partial charge in [0.2, 0.25) is 5.88 Å². The van der Waals surface area contributed by atoms with Crippen LogP contribution < -0.4 is 20.3 Å². The van der Waals surface area contributed by atoms with Crippen molar-refractivity contribution in [2.45, 2.75) is 26.1 Å². The number of hydrogen-bond acceptors (Lipinski definition) is 5. The third kappa shape index (κ3) is 2.80. The summed E-state index contributed by atoms with van der Waals surface area (Å²) >= 11 is 0. The van der Waals surface area contributed by atoms with Crippen LogP contribution in [0.15, 0.2) is 41.0 Å². The zero-order chi connectivity index (χ0) is 17.3. The fourth-order valence-corrected chi connectivity index (χ4v) is 2.62. The third-order valence-corrected chi connectivity index (χ3v) is 3.72. The maximum absolute atomic E-state index is 12.6. The van der Waals surface area contributed by atoms with Gasteiger partial charge in [0.1, 0.15) is 11.6 Å². The first-order valence-electron chi connectivity index (χ1n) is 7.68. The molecule has 2 aromatic rings. The normalized spacial score (nSPS) is 16.6. The molecule has 1 aliphatic rings. The topological polar surface area (TPSA) is 90.6 Å². The van der Waals surface area contributed by atoms with E-state index in [1.54, 1.807) is 30.2 Å². The van der Waals surface area contributed by atoms with E-state index in [0.29, 0.717) is 22.9 Å². The summed E-state index contributed by atoms with van der Waals surface area (Å²) < 4.78 is 10.5. The van der Waals surface area contributed by atoms with Crippen LogP contribution >= 0.6 is 0 Å². The van der Waals surface area contributed by atoms with Crippen LogP contribution in [-0.4, -0.2) is 31.1 Å². The molecule has 1 unspecified atom stereocenters. The molecule has 7 heteroatoms. The molecule has 24 heavy (non-hydrogen) atoms. The molecular formula is C17H20N4O3. The van der Waals surface area contributed by atoms with Gasteiger partial charge in [0.05, 0.1) is 18.9 Å². The first-order valence-corrected chi connectivity index (χ1v) is 7.68. The van der Waals surface area contributed by atoms with Gasteiger partial charge in [-0.15, -0.1) is 0 Å². The number of methoxy groups -OCH3 is 1. The smallest absolute Gasteiger partial charge is 0.264 e. The summed E-state index contributed by atoms with van der Waals surface area (Å²) in [6, 6.07) is 8.92. The van der Waals surface area contributed by atoms with Crippen LogP contribution in [0.4, 0.5) is 11.6 Å². The molecule has 1 atom stereocenters. The minimum atomic E-state index is -0.771. The number of ether oxygens (including phenoxy) is 1. The van der Waals surface area contributed by atoms with Crippen molar-refractivity contribution in [3.63, 3.8) is 0 Å². The van der Waals surface area contributed by atoms with Crippen LogP contribution in [-0.2, 0) is 4.79 Å². The van der Waals surface area contributed by atoms with Gasteiger partial charge in [-0.3, -0.25) is 15.1 Å². The lowest BCUT2D eigenvalue weighted by atomic mass is 10.1. The second-order valence-electron chi connectivity index (χ2n) is 5.79. The lowest BCUT2D eigenvalue weighted by molar-refractivity contribution is -0.122. The van der Waals surface area contributed by atoms with Crippen molar-refractivity contribution in [2.24, 2.45) is 0 Å². The third-order valence-electron chi connectivity index (χ3n) is 3.72.